The lowest BCUT2D eigenvalue weighted by Crippen LogP contribution is -2.02. The SMILES string of the molecule is C=O.O=C(CO)c1ccccc1.O=C(CO)c1ccccc1. The molecule has 0 unspecified atom stereocenters. The number of ketones is 2. The number of aliphatic hydroxyl groups excluding tert-OH is 2. The van der Waals surface area contributed by atoms with Gasteiger partial charge < -0.3 is 15.0 Å². The molecule has 0 radical (unpaired) electrons. The molecule has 0 aliphatic rings. The van der Waals surface area contributed by atoms with Gasteiger partial charge >= 0.3 is 0 Å². The summed E-state index contributed by atoms with van der Waals surface area (Å²) in [5, 5.41) is 16.9. The molecule has 0 aliphatic heterocycles. The first kappa shape index (κ1) is 19.4. The van der Waals surface area contributed by atoms with E-state index in [0.29, 0.717) is 11.1 Å². The Morgan fingerprint density at radius 1 is 0.682 bits per heavy atom. The summed E-state index contributed by atoms with van der Waals surface area (Å²) in [4.78, 5) is 29.5. The number of benzene rings is 2. The number of hydrogen-bond donors (Lipinski definition) is 2. The molecule has 0 atom stereocenters. The van der Waals surface area contributed by atoms with E-state index in [1.807, 2.05) is 18.9 Å². The van der Waals surface area contributed by atoms with Gasteiger partial charge in [-0.15, -0.1) is 0 Å². The summed E-state index contributed by atoms with van der Waals surface area (Å²) in [6.07, 6.45) is 0. The fourth-order valence-corrected chi connectivity index (χ4v) is 1.43. The van der Waals surface area contributed by atoms with Crippen molar-refractivity contribution in [3.05, 3.63) is 71.8 Å². The molecule has 0 bridgehead atoms. The van der Waals surface area contributed by atoms with Crippen LogP contribution in [-0.2, 0) is 4.79 Å². The van der Waals surface area contributed by atoms with Crippen LogP contribution < -0.4 is 0 Å². The number of rotatable bonds is 4. The summed E-state index contributed by atoms with van der Waals surface area (Å²) in [7, 11) is 0. The minimum absolute atomic E-state index is 0.236. The predicted octanol–water partition coefficient (Wildman–Crippen LogP) is 1.54. The Morgan fingerprint density at radius 2 is 0.955 bits per heavy atom. The molecule has 2 aromatic carbocycles. The van der Waals surface area contributed by atoms with E-state index >= 15 is 0 Å². The molecule has 0 amide bonds. The number of Topliss-reactive ketones (excluding diaryl/α,β-unsaturated/α-hetero) is 2. The van der Waals surface area contributed by atoms with Gasteiger partial charge in [0.1, 0.15) is 20.0 Å². The van der Waals surface area contributed by atoms with Crippen LogP contribution in [0.1, 0.15) is 20.7 Å². The molecule has 116 valence electrons. The average molecular weight is 302 g/mol. The second-order valence-corrected chi connectivity index (χ2v) is 3.89. The molecule has 0 aromatic heterocycles. The van der Waals surface area contributed by atoms with Crippen LogP contribution in [0.2, 0.25) is 0 Å². The Labute approximate surface area is 128 Å². The van der Waals surface area contributed by atoms with Crippen molar-refractivity contribution in [1.29, 1.82) is 0 Å². The van der Waals surface area contributed by atoms with E-state index < -0.39 is 13.2 Å². The maximum Gasteiger partial charge on any atom is 0.188 e. The van der Waals surface area contributed by atoms with Gasteiger partial charge in [0.15, 0.2) is 11.6 Å². The van der Waals surface area contributed by atoms with Crippen molar-refractivity contribution >= 4 is 18.4 Å². The van der Waals surface area contributed by atoms with Gasteiger partial charge in [-0.1, -0.05) is 60.7 Å². The van der Waals surface area contributed by atoms with E-state index in [2.05, 4.69) is 0 Å². The van der Waals surface area contributed by atoms with Crippen molar-refractivity contribution in [1.82, 2.24) is 0 Å². The summed E-state index contributed by atoms with van der Waals surface area (Å²) < 4.78 is 0. The summed E-state index contributed by atoms with van der Waals surface area (Å²) >= 11 is 0. The van der Waals surface area contributed by atoms with Gasteiger partial charge in [-0.2, -0.15) is 0 Å². The quantitative estimate of drug-likeness (QED) is 0.836. The molecular weight excluding hydrogens is 284 g/mol. The van der Waals surface area contributed by atoms with Crippen LogP contribution in [-0.4, -0.2) is 41.8 Å². The van der Waals surface area contributed by atoms with Crippen LogP contribution in [0.15, 0.2) is 60.7 Å². The van der Waals surface area contributed by atoms with Gasteiger partial charge in [-0.3, -0.25) is 9.59 Å². The smallest absolute Gasteiger partial charge is 0.188 e. The van der Waals surface area contributed by atoms with Crippen LogP contribution >= 0.6 is 0 Å². The zero-order chi connectivity index (χ0) is 16.8. The molecule has 5 heteroatoms. The van der Waals surface area contributed by atoms with Crippen molar-refractivity contribution in [3.63, 3.8) is 0 Å². The van der Waals surface area contributed by atoms with Crippen LogP contribution in [0.5, 0.6) is 0 Å². The van der Waals surface area contributed by atoms with Gasteiger partial charge in [0.25, 0.3) is 0 Å². The summed E-state index contributed by atoms with van der Waals surface area (Å²) in [5.41, 5.74) is 1.12. The van der Waals surface area contributed by atoms with Crippen LogP contribution in [0.25, 0.3) is 0 Å². The zero-order valence-corrected chi connectivity index (χ0v) is 12.0. The molecule has 5 nitrogen and oxygen atoms in total. The normalized spacial score (nSPS) is 8.64. The van der Waals surface area contributed by atoms with E-state index in [1.165, 1.54) is 0 Å². The highest BCUT2D eigenvalue weighted by Crippen LogP contribution is 1.98. The molecule has 0 saturated heterocycles. The maximum absolute atomic E-state index is 10.8. The van der Waals surface area contributed by atoms with Crippen molar-refractivity contribution in [2.45, 2.75) is 0 Å². The minimum atomic E-state index is -0.413. The van der Waals surface area contributed by atoms with E-state index in [9.17, 15) is 9.59 Å². The minimum Gasteiger partial charge on any atom is -0.388 e. The van der Waals surface area contributed by atoms with E-state index in [0.717, 1.165) is 0 Å². The highest BCUT2D eigenvalue weighted by atomic mass is 16.3. The van der Waals surface area contributed by atoms with Gasteiger partial charge in [0.2, 0.25) is 0 Å². The molecular formula is C17H18O5. The Morgan fingerprint density at radius 3 is 1.18 bits per heavy atom. The van der Waals surface area contributed by atoms with Crippen LogP contribution in [0.4, 0.5) is 0 Å². The fraction of sp³-hybridized carbons (Fsp3) is 0.118. The first-order valence-corrected chi connectivity index (χ1v) is 6.36. The first-order chi connectivity index (χ1) is 10.7. The number of hydrogen-bond acceptors (Lipinski definition) is 5. The molecule has 0 aliphatic carbocycles. The number of carbonyl (C=O) groups is 3. The van der Waals surface area contributed by atoms with Crippen molar-refractivity contribution in [3.8, 4) is 0 Å². The van der Waals surface area contributed by atoms with Gasteiger partial charge in [0, 0.05) is 11.1 Å². The van der Waals surface area contributed by atoms with E-state index in [1.54, 1.807) is 48.5 Å². The van der Waals surface area contributed by atoms with E-state index in [-0.39, 0.29) is 11.6 Å². The second-order valence-electron chi connectivity index (χ2n) is 3.89. The van der Waals surface area contributed by atoms with E-state index in [4.69, 9.17) is 15.0 Å². The lowest BCUT2D eigenvalue weighted by molar-refractivity contribution is -0.0980. The molecule has 2 aromatic rings. The summed E-state index contributed by atoms with van der Waals surface area (Å²) in [6, 6.07) is 17.4. The third-order valence-corrected chi connectivity index (χ3v) is 2.48. The highest BCUT2D eigenvalue weighted by Gasteiger charge is 2.00. The Bertz CT molecular complexity index is 500. The van der Waals surface area contributed by atoms with Crippen molar-refractivity contribution in [2.24, 2.45) is 0 Å². The molecule has 0 heterocycles. The molecule has 2 rings (SSSR count). The predicted molar refractivity (Wildman–Crippen MR) is 82.8 cm³/mol. The molecule has 2 N–H and O–H groups in total. The molecule has 0 spiro atoms. The van der Waals surface area contributed by atoms with Crippen LogP contribution in [0, 0.1) is 0 Å². The summed E-state index contributed by atoms with van der Waals surface area (Å²) in [6.45, 7) is 1.17. The fourth-order valence-electron chi connectivity index (χ4n) is 1.43. The topological polar surface area (TPSA) is 91.7 Å². The largest absolute Gasteiger partial charge is 0.388 e. The highest BCUT2D eigenvalue weighted by molar-refractivity contribution is 5.97. The lowest BCUT2D eigenvalue weighted by atomic mass is 10.1. The van der Waals surface area contributed by atoms with Crippen molar-refractivity contribution in [2.75, 3.05) is 13.2 Å². The number of carbonyl (C=O) groups excluding carboxylic acids is 3. The lowest BCUT2D eigenvalue weighted by Gasteiger charge is -1.93. The number of aliphatic hydroxyl groups is 2. The Kier molecular flexibility index (Phi) is 10.7. The van der Waals surface area contributed by atoms with Gasteiger partial charge in [-0.25, -0.2) is 0 Å². The standard InChI is InChI=1S/2C8H8O2.CH2O/c2*9-6-8(10)7-4-2-1-3-5-7;1-2/h2*1-5,9H,6H2;1H2. The van der Waals surface area contributed by atoms with Gasteiger partial charge in [0.05, 0.1) is 0 Å². The third-order valence-electron chi connectivity index (χ3n) is 2.48. The Balaban J connectivity index is 0.000000360. The molecule has 0 saturated carbocycles. The zero-order valence-electron chi connectivity index (χ0n) is 12.0. The van der Waals surface area contributed by atoms with Gasteiger partial charge in [-0.05, 0) is 0 Å². The maximum atomic E-state index is 10.8. The average Bonchev–Trinajstić information content (AvgIpc) is 2.64. The summed E-state index contributed by atoms with van der Waals surface area (Å²) in [5.74, 6) is -0.471. The second kappa shape index (κ2) is 12.1. The Hall–Kier alpha value is -2.63. The molecule has 22 heavy (non-hydrogen) atoms. The third kappa shape index (κ3) is 7.23. The first-order valence-electron chi connectivity index (χ1n) is 6.36. The molecule has 0 fully saturated rings. The monoisotopic (exact) mass is 302 g/mol. The van der Waals surface area contributed by atoms with Crippen LogP contribution in [0.3, 0.4) is 0 Å². The van der Waals surface area contributed by atoms with Crippen molar-refractivity contribution < 1.29 is 24.6 Å².